The second kappa shape index (κ2) is 10.6. The molecule has 1 saturated heterocycles. The third-order valence-electron chi connectivity index (χ3n) is 4.65. The number of piperidine rings is 1. The summed E-state index contributed by atoms with van der Waals surface area (Å²) >= 11 is 0. The maximum atomic E-state index is 12.3. The smallest absolute Gasteiger partial charge is 0.309 e. The summed E-state index contributed by atoms with van der Waals surface area (Å²) in [6.07, 6.45) is 1.17. The summed E-state index contributed by atoms with van der Waals surface area (Å²) in [5.74, 6) is 0.110. The largest absolute Gasteiger partial charge is 0.484 e. The van der Waals surface area contributed by atoms with E-state index >= 15 is 0 Å². The summed E-state index contributed by atoms with van der Waals surface area (Å²) in [4.78, 5) is 25.9. The van der Waals surface area contributed by atoms with E-state index in [9.17, 15) is 18.0 Å². The van der Waals surface area contributed by atoms with Gasteiger partial charge in [0.2, 0.25) is 10.0 Å². The number of ether oxygens (including phenoxy) is 2. The highest BCUT2D eigenvalue weighted by atomic mass is 32.2. The molecular weight excluding hydrogens is 396 g/mol. The number of carbonyl (C=O) groups is 2. The van der Waals surface area contributed by atoms with Crippen LogP contribution in [0.3, 0.4) is 0 Å². The maximum Gasteiger partial charge on any atom is 0.309 e. The van der Waals surface area contributed by atoms with Gasteiger partial charge in [-0.2, -0.15) is 0 Å². The lowest BCUT2D eigenvalue weighted by Gasteiger charge is -2.30. The third kappa shape index (κ3) is 7.01. The zero-order valence-corrected chi connectivity index (χ0v) is 18.0. The fraction of sp³-hybridized carbons (Fsp3) is 0.600. The Morgan fingerprint density at radius 1 is 1.17 bits per heavy atom. The predicted octanol–water partition coefficient (Wildman–Crippen LogP) is 1.80. The quantitative estimate of drug-likeness (QED) is 0.604. The van der Waals surface area contributed by atoms with E-state index in [1.54, 1.807) is 11.8 Å². The molecule has 0 bridgehead atoms. The summed E-state index contributed by atoms with van der Waals surface area (Å²) < 4.78 is 37.5. The normalized spacial score (nSPS) is 15.4. The van der Waals surface area contributed by atoms with Crippen LogP contribution in [0.5, 0.6) is 5.75 Å². The Hall–Kier alpha value is -2.13. The molecule has 0 radical (unpaired) electrons. The van der Waals surface area contributed by atoms with Gasteiger partial charge in [0.05, 0.1) is 17.4 Å². The van der Waals surface area contributed by atoms with Gasteiger partial charge in [-0.15, -0.1) is 0 Å². The lowest BCUT2D eigenvalue weighted by molar-refractivity contribution is -0.151. The van der Waals surface area contributed by atoms with Gasteiger partial charge >= 0.3 is 5.97 Å². The minimum atomic E-state index is -3.56. The van der Waals surface area contributed by atoms with Crippen LogP contribution in [0.15, 0.2) is 29.2 Å². The first-order chi connectivity index (χ1) is 13.7. The van der Waals surface area contributed by atoms with Crippen molar-refractivity contribution in [3.05, 3.63) is 24.3 Å². The van der Waals surface area contributed by atoms with Crippen LogP contribution >= 0.6 is 0 Å². The minimum absolute atomic E-state index is 0.137. The molecule has 0 atom stereocenters. The molecule has 0 aromatic heterocycles. The number of amides is 1. The van der Waals surface area contributed by atoms with E-state index in [1.165, 1.54) is 24.3 Å². The molecule has 1 aromatic rings. The lowest BCUT2D eigenvalue weighted by Crippen LogP contribution is -2.42. The molecule has 8 nitrogen and oxygen atoms in total. The van der Waals surface area contributed by atoms with Gasteiger partial charge in [0.15, 0.2) is 6.61 Å². The van der Waals surface area contributed by atoms with E-state index in [4.69, 9.17) is 9.47 Å². The first-order valence-electron chi connectivity index (χ1n) is 9.90. The zero-order valence-electron chi connectivity index (χ0n) is 17.2. The van der Waals surface area contributed by atoms with Crippen LogP contribution in [0, 0.1) is 11.8 Å². The standard InChI is InChI=1S/C20H30N2O6S/c1-4-27-20(24)16-9-11-22(12-10-16)19(23)14-28-17-5-7-18(8-6-17)29(25,26)21-13-15(2)3/h5-8,15-16,21H,4,9-14H2,1-3H3. The van der Waals surface area contributed by atoms with Gasteiger partial charge in [0.1, 0.15) is 5.75 Å². The molecule has 2 rings (SSSR count). The molecular formula is C20H30N2O6S. The molecule has 1 N–H and O–H groups in total. The highest BCUT2D eigenvalue weighted by Crippen LogP contribution is 2.20. The van der Waals surface area contributed by atoms with Crippen molar-refractivity contribution in [2.75, 3.05) is 32.8 Å². The number of nitrogens with one attached hydrogen (secondary N) is 1. The average molecular weight is 427 g/mol. The fourth-order valence-electron chi connectivity index (χ4n) is 2.94. The van der Waals surface area contributed by atoms with Crippen LogP contribution in [0.1, 0.15) is 33.6 Å². The molecule has 29 heavy (non-hydrogen) atoms. The summed E-state index contributed by atoms with van der Waals surface area (Å²) in [7, 11) is -3.56. The molecule has 1 fully saturated rings. The summed E-state index contributed by atoms with van der Waals surface area (Å²) in [6.45, 7) is 7.20. The fourth-order valence-corrected chi connectivity index (χ4v) is 4.15. The van der Waals surface area contributed by atoms with Crippen LogP contribution < -0.4 is 9.46 Å². The van der Waals surface area contributed by atoms with Crippen molar-refractivity contribution in [1.29, 1.82) is 0 Å². The molecule has 0 saturated carbocycles. The van der Waals surface area contributed by atoms with E-state index in [-0.39, 0.29) is 35.2 Å². The number of nitrogens with zero attached hydrogens (tertiary/aromatic N) is 1. The second-order valence-electron chi connectivity index (χ2n) is 7.41. The SMILES string of the molecule is CCOC(=O)C1CCN(C(=O)COc2ccc(S(=O)(=O)NCC(C)C)cc2)CC1. The van der Waals surface area contributed by atoms with E-state index in [0.29, 0.717) is 44.8 Å². The molecule has 162 valence electrons. The molecule has 0 aliphatic carbocycles. The Balaban J connectivity index is 1.81. The average Bonchev–Trinajstić information content (AvgIpc) is 2.71. The lowest BCUT2D eigenvalue weighted by atomic mass is 9.97. The number of hydrogen-bond donors (Lipinski definition) is 1. The van der Waals surface area contributed by atoms with Crippen LogP contribution in [-0.2, 0) is 24.3 Å². The molecule has 1 heterocycles. The van der Waals surface area contributed by atoms with Crippen molar-refractivity contribution in [1.82, 2.24) is 9.62 Å². The number of esters is 1. The predicted molar refractivity (Wildman–Crippen MR) is 108 cm³/mol. The summed E-state index contributed by atoms with van der Waals surface area (Å²) in [5, 5.41) is 0. The van der Waals surface area contributed by atoms with Crippen LogP contribution in [0.25, 0.3) is 0 Å². The van der Waals surface area contributed by atoms with Gasteiger partial charge in [-0.1, -0.05) is 13.8 Å². The van der Waals surface area contributed by atoms with Gasteiger partial charge in [-0.25, -0.2) is 13.1 Å². The second-order valence-corrected chi connectivity index (χ2v) is 9.18. The maximum absolute atomic E-state index is 12.3. The van der Waals surface area contributed by atoms with Crippen molar-refractivity contribution in [2.24, 2.45) is 11.8 Å². The van der Waals surface area contributed by atoms with Gasteiger partial charge in [0.25, 0.3) is 5.91 Å². The first-order valence-corrected chi connectivity index (χ1v) is 11.4. The Kier molecular flexibility index (Phi) is 8.45. The van der Waals surface area contributed by atoms with Crippen LogP contribution in [0.2, 0.25) is 0 Å². The number of likely N-dealkylation sites (tertiary alicyclic amines) is 1. The number of rotatable bonds is 9. The van der Waals surface area contributed by atoms with Gasteiger partial charge in [-0.3, -0.25) is 9.59 Å². The summed E-state index contributed by atoms with van der Waals surface area (Å²) in [6, 6.07) is 5.97. The monoisotopic (exact) mass is 426 g/mol. The molecule has 0 unspecified atom stereocenters. The molecule has 1 aliphatic rings. The molecule has 0 spiro atoms. The van der Waals surface area contributed by atoms with E-state index in [2.05, 4.69) is 4.72 Å². The van der Waals surface area contributed by atoms with Gasteiger partial charge in [-0.05, 0) is 49.9 Å². The van der Waals surface area contributed by atoms with Crippen molar-refractivity contribution in [3.63, 3.8) is 0 Å². The van der Waals surface area contributed by atoms with E-state index < -0.39 is 10.0 Å². The highest BCUT2D eigenvalue weighted by Gasteiger charge is 2.28. The Labute approximate surface area is 172 Å². The number of benzene rings is 1. The highest BCUT2D eigenvalue weighted by molar-refractivity contribution is 7.89. The zero-order chi connectivity index (χ0) is 21.4. The van der Waals surface area contributed by atoms with Gasteiger partial charge < -0.3 is 14.4 Å². The molecule has 1 aliphatic heterocycles. The van der Waals surface area contributed by atoms with Crippen LogP contribution in [0.4, 0.5) is 0 Å². The Morgan fingerprint density at radius 3 is 2.34 bits per heavy atom. The Bertz CT molecular complexity index is 784. The van der Waals surface area contributed by atoms with Crippen molar-refractivity contribution < 1.29 is 27.5 Å². The first kappa shape index (κ1) is 23.2. The minimum Gasteiger partial charge on any atom is -0.484 e. The molecule has 1 aromatic carbocycles. The number of carbonyl (C=O) groups excluding carboxylic acids is 2. The van der Waals surface area contributed by atoms with Gasteiger partial charge in [0, 0.05) is 19.6 Å². The molecule has 9 heteroatoms. The van der Waals surface area contributed by atoms with E-state index in [1.807, 2.05) is 13.8 Å². The van der Waals surface area contributed by atoms with Crippen LogP contribution in [-0.4, -0.2) is 58.0 Å². The number of sulfonamides is 1. The summed E-state index contributed by atoms with van der Waals surface area (Å²) in [5.41, 5.74) is 0. The topological polar surface area (TPSA) is 102 Å². The third-order valence-corrected chi connectivity index (χ3v) is 6.09. The van der Waals surface area contributed by atoms with Crippen molar-refractivity contribution in [2.45, 2.75) is 38.5 Å². The van der Waals surface area contributed by atoms with E-state index in [0.717, 1.165) is 0 Å². The molecule has 1 amide bonds. The van der Waals surface area contributed by atoms with Crippen molar-refractivity contribution >= 4 is 21.9 Å². The Morgan fingerprint density at radius 2 is 1.79 bits per heavy atom. The number of hydrogen-bond acceptors (Lipinski definition) is 6. The van der Waals surface area contributed by atoms with Crippen molar-refractivity contribution in [3.8, 4) is 5.75 Å².